The summed E-state index contributed by atoms with van der Waals surface area (Å²) in [5, 5.41) is 2.40. The van der Waals surface area contributed by atoms with Crippen LogP contribution in [0.1, 0.15) is 64.7 Å². The molecule has 0 radical (unpaired) electrons. The van der Waals surface area contributed by atoms with E-state index in [0.29, 0.717) is 0 Å². The molecule has 14 heavy (non-hydrogen) atoms. The van der Waals surface area contributed by atoms with E-state index in [2.05, 4.69) is 29.3 Å². The number of unbranched alkanes of at least 4 members (excludes halogenated alkanes) is 8. The number of hydrogen-bond acceptors (Lipinski definition) is 2. The molecule has 0 amide bonds. The zero-order valence-corrected chi connectivity index (χ0v) is 10.2. The van der Waals surface area contributed by atoms with E-state index in [1.165, 1.54) is 57.8 Å². The minimum absolute atomic E-state index is 0.874. The lowest BCUT2D eigenvalue weighted by Gasteiger charge is -1.99. The molecule has 82 valence electrons. The molecule has 0 saturated heterocycles. The molecule has 0 N–H and O–H groups in total. The molecule has 0 aromatic rings. The summed E-state index contributed by atoms with van der Waals surface area (Å²) < 4.78 is 0. The van der Waals surface area contributed by atoms with Crippen LogP contribution in [0.3, 0.4) is 0 Å². The van der Waals surface area contributed by atoms with Gasteiger partial charge in [0.2, 0.25) is 0 Å². The first-order chi connectivity index (χ1) is 6.91. The molecule has 0 aliphatic carbocycles. The van der Waals surface area contributed by atoms with Gasteiger partial charge in [-0.1, -0.05) is 58.3 Å². The molecule has 0 saturated carbocycles. The standard InChI is InChI=1S/C12H23NS/c1-2-3-4-5-6-7-8-9-10-11-13-12-14/h2-11H2,1H3. The predicted octanol–water partition coefficient (Wildman–Crippen LogP) is 4.62. The molecule has 1 nitrogen and oxygen atoms in total. The van der Waals surface area contributed by atoms with Crippen molar-refractivity contribution in [2.45, 2.75) is 64.7 Å². The highest BCUT2D eigenvalue weighted by Gasteiger charge is 1.90. The number of thiocarbonyl (C=S) groups is 1. The molecule has 0 fully saturated rings. The Morgan fingerprint density at radius 1 is 0.857 bits per heavy atom. The average Bonchev–Trinajstić information content (AvgIpc) is 2.21. The smallest absolute Gasteiger partial charge is 0.0584 e. The van der Waals surface area contributed by atoms with E-state index in [4.69, 9.17) is 0 Å². The Labute approximate surface area is 94.0 Å². The Kier molecular flexibility index (Phi) is 12.6. The summed E-state index contributed by atoms with van der Waals surface area (Å²) in [6.07, 6.45) is 12.2. The van der Waals surface area contributed by atoms with Gasteiger partial charge in [-0.3, -0.25) is 0 Å². The summed E-state index contributed by atoms with van der Waals surface area (Å²) in [7, 11) is 0. The quantitative estimate of drug-likeness (QED) is 0.293. The van der Waals surface area contributed by atoms with Crippen LogP contribution in [0.2, 0.25) is 0 Å². The molecule has 0 heterocycles. The van der Waals surface area contributed by atoms with Crippen molar-refractivity contribution in [3.05, 3.63) is 0 Å². The first-order valence-electron chi connectivity index (χ1n) is 5.95. The molecule has 0 rings (SSSR count). The molecule has 0 aliphatic heterocycles. The Morgan fingerprint density at radius 2 is 1.36 bits per heavy atom. The lowest BCUT2D eigenvalue weighted by molar-refractivity contribution is 0.567. The van der Waals surface area contributed by atoms with Crippen LogP contribution in [0, 0.1) is 0 Å². The van der Waals surface area contributed by atoms with Gasteiger partial charge in [-0.05, 0) is 18.6 Å². The van der Waals surface area contributed by atoms with Gasteiger partial charge in [-0.2, -0.15) is 0 Å². The van der Waals surface area contributed by atoms with Crippen molar-refractivity contribution in [1.82, 2.24) is 0 Å². The lowest BCUT2D eigenvalue weighted by Crippen LogP contribution is -1.83. The Balaban J connectivity index is 2.88. The van der Waals surface area contributed by atoms with E-state index in [1.54, 1.807) is 0 Å². The number of hydrogen-bond donors (Lipinski definition) is 0. The molecule has 0 atom stereocenters. The first kappa shape index (κ1) is 13.8. The Morgan fingerprint density at radius 3 is 1.86 bits per heavy atom. The van der Waals surface area contributed by atoms with Gasteiger partial charge in [0.1, 0.15) is 0 Å². The monoisotopic (exact) mass is 213 g/mol. The van der Waals surface area contributed by atoms with Crippen LogP contribution in [0.15, 0.2) is 4.99 Å². The summed E-state index contributed by atoms with van der Waals surface area (Å²) in [6.45, 7) is 3.13. The van der Waals surface area contributed by atoms with Crippen LogP contribution in [-0.2, 0) is 0 Å². The Hall–Kier alpha value is -0.200. The van der Waals surface area contributed by atoms with E-state index in [9.17, 15) is 0 Å². The van der Waals surface area contributed by atoms with E-state index in [1.807, 2.05) is 0 Å². The minimum Gasteiger partial charge on any atom is -0.233 e. The second-order valence-corrected chi connectivity index (χ2v) is 3.98. The third-order valence-corrected chi connectivity index (χ3v) is 2.57. The lowest BCUT2D eigenvalue weighted by atomic mass is 10.1. The van der Waals surface area contributed by atoms with Crippen molar-refractivity contribution >= 4 is 17.4 Å². The fourth-order valence-corrected chi connectivity index (χ4v) is 1.64. The maximum Gasteiger partial charge on any atom is 0.0584 e. The fourth-order valence-electron chi connectivity index (χ4n) is 1.55. The number of rotatable bonds is 10. The van der Waals surface area contributed by atoms with Crippen molar-refractivity contribution in [2.24, 2.45) is 4.99 Å². The predicted molar refractivity (Wildman–Crippen MR) is 67.1 cm³/mol. The second-order valence-electron chi connectivity index (χ2n) is 3.80. The molecule has 0 unspecified atom stereocenters. The number of nitrogens with zero attached hydrogens (tertiary/aromatic N) is 1. The summed E-state index contributed by atoms with van der Waals surface area (Å²) in [5.74, 6) is 0. The van der Waals surface area contributed by atoms with Crippen LogP contribution >= 0.6 is 12.2 Å². The van der Waals surface area contributed by atoms with Gasteiger partial charge in [0, 0.05) is 6.54 Å². The molecule has 0 aromatic heterocycles. The summed E-state index contributed by atoms with van der Waals surface area (Å²) >= 11 is 4.50. The largest absolute Gasteiger partial charge is 0.233 e. The van der Waals surface area contributed by atoms with Gasteiger partial charge in [-0.15, -0.1) is 0 Å². The maximum atomic E-state index is 4.50. The van der Waals surface area contributed by atoms with Gasteiger partial charge in [0.15, 0.2) is 0 Å². The van der Waals surface area contributed by atoms with Crippen molar-refractivity contribution in [2.75, 3.05) is 6.54 Å². The fraction of sp³-hybridized carbons (Fsp3) is 0.917. The average molecular weight is 213 g/mol. The highest BCUT2D eigenvalue weighted by atomic mass is 32.1. The molecule has 0 aromatic carbocycles. The van der Waals surface area contributed by atoms with E-state index >= 15 is 0 Å². The molecule has 0 aliphatic rings. The summed E-state index contributed by atoms with van der Waals surface area (Å²) in [4.78, 5) is 3.89. The minimum atomic E-state index is 0.874. The van der Waals surface area contributed by atoms with Crippen LogP contribution in [-0.4, -0.2) is 11.7 Å². The molecule has 0 spiro atoms. The summed E-state index contributed by atoms with van der Waals surface area (Å²) in [5.41, 5.74) is 0. The van der Waals surface area contributed by atoms with Gasteiger partial charge in [0.25, 0.3) is 0 Å². The Bertz CT molecular complexity index is 150. The van der Waals surface area contributed by atoms with Crippen molar-refractivity contribution < 1.29 is 0 Å². The highest BCUT2D eigenvalue weighted by molar-refractivity contribution is 7.78. The van der Waals surface area contributed by atoms with E-state index in [-0.39, 0.29) is 0 Å². The molecule has 2 heteroatoms. The zero-order chi connectivity index (χ0) is 10.5. The zero-order valence-electron chi connectivity index (χ0n) is 9.43. The van der Waals surface area contributed by atoms with Gasteiger partial charge in [-0.25, -0.2) is 4.99 Å². The van der Waals surface area contributed by atoms with Crippen LogP contribution in [0.25, 0.3) is 0 Å². The normalized spacial score (nSPS) is 9.79. The van der Waals surface area contributed by atoms with Gasteiger partial charge in [0.05, 0.1) is 5.16 Å². The highest BCUT2D eigenvalue weighted by Crippen LogP contribution is 2.09. The van der Waals surface area contributed by atoms with E-state index < -0.39 is 0 Å². The molecular weight excluding hydrogens is 190 g/mol. The van der Waals surface area contributed by atoms with Crippen LogP contribution in [0.5, 0.6) is 0 Å². The van der Waals surface area contributed by atoms with Crippen molar-refractivity contribution in [1.29, 1.82) is 0 Å². The topological polar surface area (TPSA) is 12.4 Å². The third-order valence-electron chi connectivity index (χ3n) is 2.44. The number of isothiocyanates is 1. The molecule has 0 bridgehead atoms. The molecular formula is C12H23NS. The maximum absolute atomic E-state index is 4.50. The van der Waals surface area contributed by atoms with Gasteiger partial charge < -0.3 is 0 Å². The summed E-state index contributed by atoms with van der Waals surface area (Å²) in [6, 6.07) is 0. The van der Waals surface area contributed by atoms with Gasteiger partial charge >= 0.3 is 0 Å². The second kappa shape index (κ2) is 12.8. The van der Waals surface area contributed by atoms with Crippen LogP contribution in [0.4, 0.5) is 0 Å². The SMILES string of the molecule is CCCCCCCCCCCN=C=S. The van der Waals surface area contributed by atoms with Crippen molar-refractivity contribution in [3.63, 3.8) is 0 Å². The van der Waals surface area contributed by atoms with E-state index in [0.717, 1.165) is 6.54 Å². The first-order valence-corrected chi connectivity index (χ1v) is 6.36. The number of aliphatic imine (C=N–C) groups is 1. The van der Waals surface area contributed by atoms with Crippen LogP contribution < -0.4 is 0 Å². The van der Waals surface area contributed by atoms with Crippen molar-refractivity contribution in [3.8, 4) is 0 Å². The third kappa shape index (κ3) is 11.8.